The van der Waals surface area contributed by atoms with Gasteiger partial charge in [0, 0.05) is 55.3 Å². The fourth-order valence-corrected chi connectivity index (χ4v) is 5.59. The van der Waals surface area contributed by atoms with Gasteiger partial charge in [-0.25, -0.2) is 18.2 Å². The van der Waals surface area contributed by atoms with Crippen LogP contribution in [0.15, 0.2) is 54.7 Å². The molecule has 9 nitrogen and oxygen atoms in total. The second-order valence-corrected chi connectivity index (χ2v) is 10.9. The molecule has 4 rings (SSSR count). The summed E-state index contributed by atoms with van der Waals surface area (Å²) in [6.07, 6.45) is 1.31. The Kier molecular flexibility index (Phi) is 8.09. The maximum Gasteiger partial charge on any atom is 0.407 e. The monoisotopic (exact) mass is 544 g/mol. The van der Waals surface area contributed by atoms with Crippen LogP contribution in [0, 0.1) is 0 Å². The van der Waals surface area contributed by atoms with Crippen LogP contribution in [-0.4, -0.2) is 68.5 Å². The summed E-state index contributed by atoms with van der Waals surface area (Å²) >= 11 is 6.47. The number of hydrogen-bond acceptors (Lipinski definition) is 6. The van der Waals surface area contributed by atoms with Crippen molar-refractivity contribution in [3.63, 3.8) is 0 Å². The van der Waals surface area contributed by atoms with Gasteiger partial charge in [0.1, 0.15) is 10.9 Å². The predicted molar refractivity (Wildman–Crippen MR) is 146 cm³/mol. The second-order valence-electron chi connectivity index (χ2n) is 8.74. The minimum atomic E-state index is -3.48. The summed E-state index contributed by atoms with van der Waals surface area (Å²) in [4.78, 5) is 19.1. The van der Waals surface area contributed by atoms with Crippen molar-refractivity contribution in [3.05, 3.63) is 59.9 Å². The molecule has 1 aliphatic rings. The number of halogens is 1. The van der Waals surface area contributed by atoms with Crippen molar-refractivity contribution in [2.75, 3.05) is 48.7 Å². The van der Waals surface area contributed by atoms with Gasteiger partial charge in [0.2, 0.25) is 10.0 Å². The summed E-state index contributed by atoms with van der Waals surface area (Å²) in [5, 5.41) is 9.44. The number of carbonyl (C=O) groups is 1. The minimum Gasteiger partial charge on any atom is -0.497 e. The van der Waals surface area contributed by atoms with Crippen molar-refractivity contribution in [2.24, 2.45) is 0 Å². The summed E-state index contributed by atoms with van der Waals surface area (Å²) in [7, 11) is -1.96. The van der Waals surface area contributed by atoms with Crippen LogP contribution in [0.2, 0.25) is 5.15 Å². The molecule has 0 aliphatic carbocycles. The number of benzene rings is 2. The lowest BCUT2D eigenvalue weighted by atomic mass is 10.0. The quantitative estimate of drug-likeness (QED) is 0.382. The molecule has 1 amide bonds. The first-order chi connectivity index (χ1) is 17.7. The van der Waals surface area contributed by atoms with E-state index in [4.69, 9.17) is 21.4 Å². The number of ether oxygens (including phenoxy) is 1. The van der Waals surface area contributed by atoms with E-state index in [1.54, 1.807) is 31.3 Å². The molecule has 37 heavy (non-hydrogen) atoms. The van der Waals surface area contributed by atoms with E-state index in [-0.39, 0.29) is 10.9 Å². The molecule has 2 aromatic carbocycles. The second kappa shape index (κ2) is 11.3. The van der Waals surface area contributed by atoms with Gasteiger partial charge in [-0.1, -0.05) is 30.7 Å². The number of carboxylic acid groups (broad SMARTS) is 1. The van der Waals surface area contributed by atoms with Gasteiger partial charge >= 0.3 is 6.09 Å². The normalized spacial score (nSPS) is 13.9. The number of nitrogens with zero attached hydrogens (tertiary/aromatic N) is 3. The number of sulfonamides is 1. The average Bonchev–Trinajstić information content (AvgIpc) is 2.88. The molecule has 1 saturated heterocycles. The molecule has 0 spiro atoms. The molecule has 2 N–H and O–H groups in total. The molecule has 0 saturated carbocycles. The lowest BCUT2D eigenvalue weighted by Gasteiger charge is -2.34. The van der Waals surface area contributed by atoms with Crippen molar-refractivity contribution in [1.29, 1.82) is 0 Å². The van der Waals surface area contributed by atoms with E-state index in [0.29, 0.717) is 55.2 Å². The molecule has 1 aromatic heterocycles. The number of nitrogens with one attached hydrogen (secondary N) is 1. The molecule has 0 atom stereocenters. The smallest absolute Gasteiger partial charge is 0.407 e. The highest BCUT2D eigenvalue weighted by molar-refractivity contribution is 7.92. The van der Waals surface area contributed by atoms with E-state index in [1.807, 2.05) is 30.3 Å². The SMILES string of the molecule is CCCS(=O)(=O)Nc1cc(OC)cc(-c2cc(-c3ccc(N4CCN(C(=O)O)CC4)cc3)cnc2Cl)c1. The largest absolute Gasteiger partial charge is 0.497 e. The molecule has 0 radical (unpaired) electrons. The Morgan fingerprint density at radius 2 is 1.76 bits per heavy atom. The molecule has 0 unspecified atom stereocenters. The first-order valence-electron chi connectivity index (χ1n) is 11.9. The Hall–Kier alpha value is -3.50. The van der Waals surface area contributed by atoms with Crippen molar-refractivity contribution >= 4 is 39.1 Å². The Labute approximate surface area is 221 Å². The van der Waals surface area contributed by atoms with E-state index in [1.165, 1.54) is 12.0 Å². The van der Waals surface area contributed by atoms with Gasteiger partial charge in [-0.3, -0.25) is 4.72 Å². The number of rotatable bonds is 8. The Bertz CT molecular complexity index is 1370. The first kappa shape index (κ1) is 26.6. The zero-order valence-electron chi connectivity index (χ0n) is 20.6. The van der Waals surface area contributed by atoms with Crippen LogP contribution in [-0.2, 0) is 10.0 Å². The van der Waals surface area contributed by atoms with Gasteiger partial charge in [-0.05, 0) is 47.9 Å². The van der Waals surface area contributed by atoms with E-state index < -0.39 is 16.1 Å². The molecule has 1 fully saturated rings. The van der Waals surface area contributed by atoms with Gasteiger partial charge < -0.3 is 19.6 Å². The minimum absolute atomic E-state index is 0.0164. The predicted octanol–water partition coefficient (Wildman–Crippen LogP) is 5.03. The molecule has 2 heterocycles. The number of aromatic nitrogens is 1. The molecular weight excluding hydrogens is 516 g/mol. The zero-order valence-corrected chi connectivity index (χ0v) is 22.2. The highest BCUT2D eigenvalue weighted by Crippen LogP contribution is 2.35. The third kappa shape index (κ3) is 6.44. The fraction of sp³-hybridized carbons (Fsp3) is 0.308. The van der Waals surface area contributed by atoms with Gasteiger partial charge in [0.25, 0.3) is 0 Å². The summed E-state index contributed by atoms with van der Waals surface area (Å²) in [5.74, 6) is 0.503. The van der Waals surface area contributed by atoms with Crippen LogP contribution in [0.3, 0.4) is 0 Å². The Morgan fingerprint density at radius 1 is 1.05 bits per heavy atom. The number of amides is 1. The van der Waals surface area contributed by atoms with E-state index in [0.717, 1.165) is 16.8 Å². The molecule has 11 heteroatoms. The lowest BCUT2D eigenvalue weighted by molar-refractivity contribution is 0.142. The fourth-order valence-electron chi connectivity index (χ4n) is 4.26. The summed E-state index contributed by atoms with van der Waals surface area (Å²) < 4.78 is 32.6. The zero-order chi connectivity index (χ0) is 26.6. The van der Waals surface area contributed by atoms with Crippen LogP contribution >= 0.6 is 11.6 Å². The standard InChI is InChI=1S/C26H29ClN4O5S/c1-3-12-37(34,35)29-21-13-19(14-23(16-21)36-2)24-15-20(17-28-25(24)27)18-4-6-22(7-5-18)30-8-10-31(11-9-30)26(32)33/h4-7,13-17,29H,3,8-12H2,1-2H3,(H,32,33). The molecular formula is C26H29ClN4O5S. The van der Waals surface area contributed by atoms with Crippen molar-refractivity contribution in [3.8, 4) is 28.0 Å². The Balaban J connectivity index is 1.60. The van der Waals surface area contributed by atoms with Crippen LogP contribution in [0.4, 0.5) is 16.2 Å². The highest BCUT2D eigenvalue weighted by atomic mass is 35.5. The van der Waals surface area contributed by atoms with Gasteiger partial charge in [-0.2, -0.15) is 0 Å². The molecule has 0 bridgehead atoms. The molecule has 1 aliphatic heterocycles. The summed E-state index contributed by atoms with van der Waals surface area (Å²) in [5.41, 5.74) is 4.50. The third-order valence-electron chi connectivity index (χ3n) is 6.15. The topological polar surface area (TPSA) is 112 Å². The molecule has 3 aromatic rings. The Morgan fingerprint density at radius 3 is 2.38 bits per heavy atom. The number of methoxy groups -OCH3 is 1. The number of anilines is 2. The van der Waals surface area contributed by atoms with Crippen LogP contribution in [0.25, 0.3) is 22.3 Å². The third-order valence-corrected chi connectivity index (χ3v) is 7.95. The van der Waals surface area contributed by atoms with Gasteiger partial charge in [-0.15, -0.1) is 0 Å². The summed E-state index contributed by atoms with van der Waals surface area (Å²) in [6, 6.07) is 15.0. The van der Waals surface area contributed by atoms with E-state index in [2.05, 4.69) is 14.6 Å². The van der Waals surface area contributed by atoms with Crippen molar-refractivity contribution in [2.45, 2.75) is 13.3 Å². The van der Waals surface area contributed by atoms with Gasteiger partial charge in [0.05, 0.1) is 18.6 Å². The highest BCUT2D eigenvalue weighted by Gasteiger charge is 2.20. The average molecular weight is 545 g/mol. The maximum atomic E-state index is 12.3. The van der Waals surface area contributed by atoms with Crippen LogP contribution < -0.4 is 14.4 Å². The van der Waals surface area contributed by atoms with Gasteiger partial charge in [0.15, 0.2) is 0 Å². The summed E-state index contributed by atoms with van der Waals surface area (Å²) in [6.45, 7) is 4.02. The van der Waals surface area contributed by atoms with Crippen LogP contribution in [0.5, 0.6) is 5.75 Å². The number of pyridine rings is 1. The van der Waals surface area contributed by atoms with E-state index >= 15 is 0 Å². The lowest BCUT2D eigenvalue weighted by Crippen LogP contribution is -2.48. The van der Waals surface area contributed by atoms with Crippen molar-refractivity contribution in [1.82, 2.24) is 9.88 Å². The number of hydrogen-bond donors (Lipinski definition) is 2. The maximum absolute atomic E-state index is 12.3. The molecule has 196 valence electrons. The van der Waals surface area contributed by atoms with Crippen LogP contribution in [0.1, 0.15) is 13.3 Å². The number of piperazine rings is 1. The first-order valence-corrected chi connectivity index (χ1v) is 13.9. The van der Waals surface area contributed by atoms with Crippen molar-refractivity contribution < 1.29 is 23.1 Å². The van der Waals surface area contributed by atoms with E-state index in [9.17, 15) is 13.2 Å².